The first kappa shape index (κ1) is 12.2. The minimum absolute atomic E-state index is 0.0408. The van der Waals surface area contributed by atoms with Crippen molar-refractivity contribution in [1.82, 2.24) is 4.98 Å². The lowest BCUT2D eigenvalue weighted by Crippen LogP contribution is -2.01. The first-order valence-electron chi connectivity index (χ1n) is 3.36. The van der Waals surface area contributed by atoms with Crippen molar-refractivity contribution in [3.8, 4) is 0 Å². The van der Waals surface area contributed by atoms with Crippen molar-refractivity contribution in [3.63, 3.8) is 0 Å². The lowest BCUT2D eigenvalue weighted by atomic mass is 10.5. The number of rotatable bonds is 2. The molecule has 0 aliphatic heterocycles. The van der Waals surface area contributed by atoms with Crippen LogP contribution in [0, 0.1) is 10.1 Å². The smallest absolute Gasteiger partial charge is 0.358 e. The Morgan fingerprint density at radius 2 is 2.07 bits per heavy atom. The molecule has 0 spiro atoms. The topological polar surface area (TPSA) is 56.0 Å². The van der Waals surface area contributed by atoms with Crippen molar-refractivity contribution in [1.29, 1.82) is 0 Å². The molecule has 1 aromatic heterocycles. The Kier molecular flexibility index (Phi) is 3.55. The number of halogens is 4. The van der Waals surface area contributed by atoms with E-state index in [1.165, 1.54) is 0 Å². The van der Waals surface area contributed by atoms with Crippen LogP contribution in [0.3, 0.4) is 0 Å². The zero-order valence-corrected chi connectivity index (χ0v) is 9.19. The minimum Gasteiger partial charge on any atom is -0.358 e. The van der Waals surface area contributed by atoms with Crippen LogP contribution in [0.4, 0.5) is 19.0 Å². The van der Waals surface area contributed by atoms with Crippen molar-refractivity contribution >= 4 is 33.5 Å². The maximum absolute atomic E-state index is 11.9. The summed E-state index contributed by atoms with van der Waals surface area (Å²) in [5.74, 6) is -0.635. The fraction of sp³-hybridized carbons (Fsp3) is 0.167. The van der Waals surface area contributed by atoms with E-state index in [-0.39, 0.29) is 4.47 Å². The highest BCUT2D eigenvalue weighted by atomic mass is 79.9. The van der Waals surface area contributed by atoms with Crippen LogP contribution in [0.25, 0.3) is 0 Å². The zero-order chi connectivity index (χ0) is 11.6. The number of aromatic nitrogens is 1. The third-order valence-corrected chi connectivity index (χ3v) is 2.48. The molecule has 0 unspecified atom stereocenters. The average Bonchev–Trinajstić information content (AvgIpc) is 2.05. The van der Waals surface area contributed by atoms with E-state index in [2.05, 4.69) is 20.9 Å². The van der Waals surface area contributed by atoms with E-state index in [0.29, 0.717) is 0 Å². The Morgan fingerprint density at radius 3 is 2.53 bits per heavy atom. The van der Waals surface area contributed by atoms with E-state index in [9.17, 15) is 23.3 Å². The number of hydrogen-bond acceptors (Lipinski definition) is 4. The number of hydrogen-bond donors (Lipinski definition) is 0. The van der Waals surface area contributed by atoms with E-state index in [1.807, 2.05) is 0 Å². The predicted octanol–water partition coefficient (Wildman–Crippen LogP) is 3.36. The normalized spacial score (nSPS) is 11.5. The van der Waals surface area contributed by atoms with Gasteiger partial charge in [-0.25, -0.2) is 0 Å². The predicted molar refractivity (Wildman–Crippen MR) is 50.5 cm³/mol. The molecule has 9 heteroatoms. The second-order valence-corrected chi connectivity index (χ2v) is 4.20. The molecule has 0 N–H and O–H groups in total. The van der Waals surface area contributed by atoms with E-state index >= 15 is 0 Å². The molecular weight excluding hydrogens is 301 g/mol. The van der Waals surface area contributed by atoms with Gasteiger partial charge in [0.1, 0.15) is 4.47 Å². The molecule has 0 bridgehead atoms. The Balaban J connectivity index is 3.03. The van der Waals surface area contributed by atoms with E-state index < -0.39 is 33.0 Å². The molecule has 82 valence electrons. The highest BCUT2D eigenvalue weighted by Gasteiger charge is 2.33. The van der Waals surface area contributed by atoms with Crippen LogP contribution >= 0.6 is 27.7 Å². The molecule has 0 aliphatic carbocycles. The summed E-state index contributed by atoms with van der Waals surface area (Å²) in [5.41, 5.74) is -4.51. The number of pyridine rings is 1. The van der Waals surface area contributed by atoms with Crippen LogP contribution in [-0.2, 0) is 0 Å². The third-order valence-electron chi connectivity index (χ3n) is 1.20. The highest BCUT2D eigenvalue weighted by Crippen LogP contribution is 2.37. The fourth-order valence-electron chi connectivity index (χ4n) is 0.717. The van der Waals surface area contributed by atoms with Crippen LogP contribution in [0.2, 0.25) is 0 Å². The molecule has 1 rings (SSSR count). The van der Waals surface area contributed by atoms with Gasteiger partial charge in [0, 0.05) is 11.8 Å². The number of alkyl halides is 3. The summed E-state index contributed by atoms with van der Waals surface area (Å²) in [6, 6.07) is 2.20. The van der Waals surface area contributed by atoms with Gasteiger partial charge in [0.25, 0.3) is 0 Å². The molecule has 0 aromatic carbocycles. The summed E-state index contributed by atoms with van der Waals surface area (Å²) in [6.45, 7) is 0. The van der Waals surface area contributed by atoms with Crippen LogP contribution in [0.15, 0.2) is 21.6 Å². The van der Waals surface area contributed by atoms with Crippen LogP contribution < -0.4 is 0 Å². The summed E-state index contributed by atoms with van der Waals surface area (Å²) in [7, 11) is 0. The van der Waals surface area contributed by atoms with Crippen molar-refractivity contribution in [2.75, 3.05) is 0 Å². The Labute approximate surface area is 94.2 Å². The third kappa shape index (κ3) is 3.67. The Morgan fingerprint density at radius 1 is 1.47 bits per heavy atom. The van der Waals surface area contributed by atoms with Crippen molar-refractivity contribution in [3.05, 3.63) is 26.7 Å². The average molecular weight is 303 g/mol. The van der Waals surface area contributed by atoms with Crippen LogP contribution in [-0.4, -0.2) is 15.4 Å². The number of nitrogens with zero attached hydrogens (tertiary/aromatic N) is 2. The molecular formula is C6H2BrF3N2O2S. The van der Waals surface area contributed by atoms with Gasteiger partial charge >= 0.3 is 11.3 Å². The molecule has 15 heavy (non-hydrogen) atoms. The van der Waals surface area contributed by atoms with Crippen molar-refractivity contribution in [2.45, 2.75) is 10.5 Å². The van der Waals surface area contributed by atoms with Gasteiger partial charge < -0.3 is 10.1 Å². The summed E-state index contributed by atoms with van der Waals surface area (Å²) in [6.07, 6.45) is 0. The lowest BCUT2D eigenvalue weighted by Gasteiger charge is -2.01. The molecule has 0 saturated heterocycles. The number of nitro groups is 1. The molecule has 0 atom stereocenters. The summed E-state index contributed by atoms with van der Waals surface area (Å²) in [4.78, 5) is 12.8. The van der Waals surface area contributed by atoms with Gasteiger partial charge in [-0.05, 0) is 38.0 Å². The standard InChI is InChI=1S/C6H2BrF3N2O2S/c7-3-1-2-4(15-6(8,9)10)11-5(3)12(13)14/h1-2H. The molecule has 1 aromatic rings. The van der Waals surface area contributed by atoms with Crippen LogP contribution in [0.1, 0.15) is 0 Å². The summed E-state index contributed by atoms with van der Waals surface area (Å²) < 4.78 is 35.8. The van der Waals surface area contributed by atoms with Crippen molar-refractivity contribution in [2.24, 2.45) is 0 Å². The minimum atomic E-state index is -4.51. The second-order valence-electron chi connectivity index (χ2n) is 2.26. The quantitative estimate of drug-likeness (QED) is 0.477. The largest absolute Gasteiger partial charge is 0.449 e. The lowest BCUT2D eigenvalue weighted by molar-refractivity contribution is -0.390. The fourth-order valence-corrected chi connectivity index (χ4v) is 1.59. The van der Waals surface area contributed by atoms with Gasteiger partial charge in [-0.3, -0.25) is 0 Å². The second kappa shape index (κ2) is 4.35. The first-order chi connectivity index (χ1) is 6.79. The zero-order valence-electron chi connectivity index (χ0n) is 6.79. The van der Waals surface area contributed by atoms with Crippen LogP contribution in [0.5, 0.6) is 0 Å². The molecule has 4 nitrogen and oxygen atoms in total. The van der Waals surface area contributed by atoms with Gasteiger partial charge in [0.05, 0.1) is 0 Å². The Bertz CT molecular complexity index is 398. The SMILES string of the molecule is O=[N+]([O-])c1nc(SC(F)(F)F)ccc1Br. The monoisotopic (exact) mass is 302 g/mol. The first-order valence-corrected chi connectivity index (χ1v) is 4.97. The van der Waals surface area contributed by atoms with E-state index in [0.717, 1.165) is 12.1 Å². The van der Waals surface area contributed by atoms with E-state index in [4.69, 9.17) is 0 Å². The molecule has 0 amide bonds. The molecule has 0 aliphatic rings. The molecule has 0 radical (unpaired) electrons. The van der Waals surface area contributed by atoms with Crippen molar-refractivity contribution < 1.29 is 18.1 Å². The van der Waals surface area contributed by atoms with Gasteiger partial charge in [-0.1, -0.05) is 0 Å². The molecule has 1 heterocycles. The Hall–Kier alpha value is -0.830. The van der Waals surface area contributed by atoms with Gasteiger partial charge in [-0.15, -0.1) is 0 Å². The summed E-state index contributed by atoms with van der Waals surface area (Å²) in [5, 5.41) is 9.90. The number of thioether (sulfide) groups is 1. The maximum atomic E-state index is 11.9. The maximum Gasteiger partial charge on any atom is 0.449 e. The van der Waals surface area contributed by atoms with E-state index in [1.54, 1.807) is 0 Å². The molecule has 0 fully saturated rings. The summed E-state index contributed by atoms with van der Waals surface area (Å²) >= 11 is 2.32. The highest BCUT2D eigenvalue weighted by molar-refractivity contribution is 9.10. The van der Waals surface area contributed by atoms with Gasteiger partial charge in [-0.2, -0.15) is 13.2 Å². The van der Waals surface area contributed by atoms with Gasteiger partial charge in [0.15, 0.2) is 0 Å². The molecule has 0 saturated carbocycles. The van der Waals surface area contributed by atoms with Gasteiger partial charge in [0.2, 0.25) is 5.03 Å².